The Hall–Kier alpha value is 0.220. The third-order valence-corrected chi connectivity index (χ3v) is 1.73. The second kappa shape index (κ2) is 7.61. The van der Waals surface area contributed by atoms with Crippen LogP contribution in [-0.2, 0) is 0 Å². The molecule has 0 aromatic rings. The molecule has 0 N–H and O–H groups in total. The van der Waals surface area contributed by atoms with Crippen molar-refractivity contribution in [2.75, 3.05) is 0 Å². The molecule has 0 radical (unpaired) electrons. The Labute approximate surface area is 111 Å². The SMILES string of the molecule is CC1=[C-]CC=C1.CC1=[C-]CC=C1.[Ca+2]. The van der Waals surface area contributed by atoms with E-state index in [2.05, 4.69) is 50.3 Å². The molecule has 0 aromatic carbocycles. The summed E-state index contributed by atoms with van der Waals surface area (Å²) in [5, 5.41) is 0. The van der Waals surface area contributed by atoms with Gasteiger partial charge in [-0.25, -0.2) is 23.3 Å². The monoisotopic (exact) mass is 198 g/mol. The molecule has 0 nitrogen and oxygen atoms in total. The van der Waals surface area contributed by atoms with Crippen LogP contribution in [0, 0.1) is 12.2 Å². The van der Waals surface area contributed by atoms with E-state index in [0.717, 1.165) is 12.8 Å². The summed E-state index contributed by atoms with van der Waals surface area (Å²) in [6.07, 6.45) is 16.7. The van der Waals surface area contributed by atoms with E-state index in [0.29, 0.717) is 0 Å². The van der Waals surface area contributed by atoms with Crippen molar-refractivity contribution >= 4 is 37.7 Å². The van der Waals surface area contributed by atoms with E-state index in [1.54, 1.807) is 0 Å². The van der Waals surface area contributed by atoms with Gasteiger partial charge in [-0.15, -0.1) is 12.8 Å². The van der Waals surface area contributed by atoms with E-state index in [-0.39, 0.29) is 37.7 Å². The quantitative estimate of drug-likeness (QED) is 0.414. The molecule has 2 rings (SSSR count). The van der Waals surface area contributed by atoms with Crippen molar-refractivity contribution in [3.8, 4) is 0 Å². The fourth-order valence-corrected chi connectivity index (χ4v) is 1.03. The molecule has 0 saturated carbocycles. The summed E-state index contributed by atoms with van der Waals surface area (Å²) in [7, 11) is 0. The molecule has 0 spiro atoms. The molecule has 1 heteroatoms. The van der Waals surface area contributed by atoms with E-state index < -0.39 is 0 Å². The number of allylic oxidation sites excluding steroid dienone is 8. The van der Waals surface area contributed by atoms with Crippen LogP contribution in [-0.4, -0.2) is 37.7 Å². The van der Waals surface area contributed by atoms with Crippen LogP contribution in [0.15, 0.2) is 35.5 Å². The van der Waals surface area contributed by atoms with Gasteiger partial charge in [0.05, 0.1) is 0 Å². The van der Waals surface area contributed by atoms with Gasteiger partial charge < -0.3 is 0 Å². The van der Waals surface area contributed by atoms with Crippen molar-refractivity contribution in [1.29, 1.82) is 0 Å². The van der Waals surface area contributed by atoms with Crippen LogP contribution in [0.4, 0.5) is 0 Å². The van der Waals surface area contributed by atoms with E-state index in [9.17, 15) is 0 Å². The minimum Gasteiger partial charge on any atom is -0.270 e. The zero-order valence-corrected chi connectivity index (χ0v) is 10.6. The third kappa shape index (κ3) is 6.31. The second-order valence-electron chi connectivity index (χ2n) is 2.93. The van der Waals surface area contributed by atoms with Crippen LogP contribution >= 0.6 is 0 Å². The van der Waals surface area contributed by atoms with Crippen LogP contribution in [0.3, 0.4) is 0 Å². The zero-order chi connectivity index (χ0) is 8.81. The zero-order valence-electron chi connectivity index (χ0n) is 8.43. The van der Waals surface area contributed by atoms with Crippen molar-refractivity contribution in [3.63, 3.8) is 0 Å². The molecule has 0 amide bonds. The Kier molecular flexibility index (Phi) is 7.74. The molecular formula is C12H14Ca. The molecule has 0 fully saturated rings. The second-order valence-corrected chi connectivity index (χ2v) is 2.93. The number of rotatable bonds is 0. The van der Waals surface area contributed by atoms with Crippen molar-refractivity contribution < 1.29 is 0 Å². The maximum atomic E-state index is 3.12. The van der Waals surface area contributed by atoms with Crippen LogP contribution in [0.2, 0.25) is 0 Å². The summed E-state index contributed by atoms with van der Waals surface area (Å²) in [6.45, 7) is 4.12. The third-order valence-electron chi connectivity index (χ3n) is 1.73. The van der Waals surface area contributed by atoms with Crippen molar-refractivity contribution in [1.82, 2.24) is 0 Å². The first-order valence-electron chi connectivity index (χ1n) is 4.27. The fraction of sp³-hybridized carbons (Fsp3) is 0.333. The Morgan fingerprint density at radius 3 is 1.38 bits per heavy atom. The molecule has 0 heterocycles. The van der Waals surface area contributed by atoms with Crippen LogP contribution in [0.5, 0.6) is 0 Å². The molecule has 2 aliphatic rings. The Morgan fingerprint density at radius 2 is 1.31 bits per heavy atom. The van der Waals surface area contributed by atoms with Crippen LogP contribution < -0.4 is 0 Å². The van der Waals surface area contributed by atoms with Crippen molar-refractivity contribution in [2.24, 2.45) is 0 Å². The predicted molar refractivity (Wildman–Crippen MR) is 58.1 cm³/mol. The minimum absolute atomic E-state index is 0. The molecule has 64 valence electrons. The van der Waals surface area contributed by atoms with E-state index in [4.69, 9.17) is 0 Å². The van der Waals surface area contributed by atoms with Crippen LogP contribution in [0.1, 0.15) is 26.7 Å². The van der Waals surface area contributed by atoms with Gasteiger partial charge in [-0.05, 0) is 0 Å². The van der Waals surface area contributed by atoms with Gasteiger partial charge in [-0.1, -0.05) is 13.8 Å². The maximum absolute atomic E-state index is 3.12. The molecular weight excluding hydrogens is 184 g/mol. The maximum Gasteiger partial charge on any atom is 2.00 e. The molecule has 2 aliphatic carbocycles. The molecule has 0 saturated heterocycles. The van der Waals surface area contributed by atoms with Gasteiger partial charge in [-0.3, -0.25) is 12.2 Å². The first kappa shape index (κ1) is 13.2. The Balaban J connectivity index is 0.000000206. The average Bonchev–Trinajstić information content (AvgIpc) is 2.63. The number of hydrogen-bond acceptors (Lipinski definition) is 0. The van der Waals surface area contributed by atoms with Gasteiger partial charge in [0.2, 0.25) is 0 Å². The molecule has 0 bridgehead atoms. The first-order chi connectivity index (χ1) is 5.79. The molecule has 0 atom stereocenters. The molecule has 13 heavy (non-hydrogen) atoms. The van der Waals surface area contributed by atoms with Crippen molar-refractivity contribution in [2.45, 2.75) is 26.7 Å². The Bertz CT molecular complexity index is 221. The summed E-state index contributed by atoms with van der Waals surface area (Å²) in [4.78, 5) is 0. The van der Waals surface area contributed by atoms with Crippen molar-refractivity contribution in [3.05, 3.63) is 47.6 Å². The summed E-state index contributed by atoms with van der Waals surface area (Å²) in [6, 6.07) is 0. The average molecular weight is 198 g/mol. The summed E-state index contributed by atoms with van der Waals surface area (Å²) in [5.74, 6) is 0. The van der Waals surface area contributed by atoms with Gasteiger partial charge in [0.1, 0.15) is 0 Å². The summed E-state index contributed by atoms with van der Waals surface area (Å²) < 4.78 is 0. The normalized spacial score (nSPS) is 17.1. The predicted octanol–water partition coefficient (Wildman–Crippen LogP) is 3.01. The topological polar surface area (TPSA) is 0 Å². The van der Waals surface area contributed by atoms with Gasteiger partial charge in [-0.2, -0.15) is 12.2 Å². The Morgan fingerprint density at radius 1 is 0.923 bits per heavy atom. The molecule has 0 aliphatic heterocycles. The van der Waals surface area contributed by atoms with E-state index >= 15 is 0 Å². The van der Waals surface area contributed by atoms with Gasteiger partial charge in [0.25, 0.3) is 0 Å². The standard InChI is InChI=1S/2C6H7.Ca/c2*1-6-4-2-3-5-6;/h2*2,4H,3H2,1H3;/q2*-1;+2. The minimum atomic E-state index is 0. The number of hydrogen-bond donors (Lipinski definition) is 0. The summed E-state index contributed by atoms with van der Waals surface area (Å²) in [5.41, 5.74) is 2.55. The van der Waals surface area contributed by atoms with E-state index in [1.165, 1.54) is 11.1 Å². The van der Waals surface area contributed by atoms with Gasteiger partial charge in [0.15, 0.2) is 0 Å². The largest absolute Gasteiger partial charge is 2.00 e. The van der Waals surface area contributed by atoms with Gasteiger partial charge in [0, 0.05) is 0 Å². The fourth-order valence-electron chi connectivity index (χ4n) is 1.03. The molecule has 0 aromatic heterocycles. The first-order valence-corrected chi connectivity index (χ1v) is 4.27. The van der Waals surface area contributed by atoms with Crippen LogP contribution in [0.25, 0.3) is 0 Å². The smallest absolute Gasteiger partial charge is 0.270 e. The molecule has 0 unspecified atom stereocenters. The van der Waals surface area contributed by atoms with E-state index in [1.807, 2.05) is 0 Å². The van der Waals surface area contributed by atoms with Gasteiger partial charge >= 0.3 is 37.7 Å². The summed E-state index contributed by atoms with van der Waals surface area (Å²) >= 11 is 0.